The molecule has 88 valence electrons. The zero-order valence-electron chi connectivity index (χ0n) is 10.3. The molecule has 0 aromatic rings. The van der Waals surface area contributed by atoms with Crippen molar-refractivity contribution < 1.29 is 0 Å². The minimum Gasteiger partial charge on any atom is -0.326 e. The van der Waals surface area contributed by atoms with Crippen LogP contribution >= 0.6 is 0 Å². The molecule has 1 saturated heterocycles. The number of hydrogen-bond donors (Lipinski definition) is 1. The number of likely N-dealkylation sites (tertiary alicyclic amines) is 1. The van der Waals surface area contributed by atoms with Gasteiger partial charge in [-0.05, 0) is 24.7 Å². The van der Waals surface area contributed by atoms with Gasteiger partial charge in [0.15, 0.2) is 0 Å². The zero-order chi connectivity index (χ0) is 10.8. The first-order valence-corrected chi connectivity index (χ1v) is 6.72. The Morgan fingerprint density at radius 2 is 1.93 bits per heavy atom. The fourth-order valence-corrected chi connectivity index (χ4v) is 3.45. The highest BCUT2D eigenvalue weighted by molar-refractivity contribution is 4.91. The molecule has 0 aromatic carbocycles. The van der Waals surface area contributed by atoms with Gasteiger partial charge in [-0.15, -0.1) is 0 Å². The van der Waals surface area contributed by atoms with E-state index in [4.69, 9.17) is 5.73 Å². The van der Waals surface area contributed by atoms with Crippen LogP contribution < -0.4 is 5.73 Å². The van der Waals surface area contributed by atoms with Crippen LogP contribution in [-0.2, 0) is 0 Å². The second-order valence-corrected chi connectivity index (χ2v) is 5.62. The molecular weight excluding hydrogens is 184 g/mol. The van der Waals surface area contributed by atoms with Gasteiger partial charge in [0.1, 0.15) is 0 Å². The van der Waals surface area contributed by atoms with Gasteiger partial charge in [0.05, 0.1) is 0 Å². The van der Waals surface area contributed by atoms with Crippen LogP contribution in [0.5, 0.6) is 0 Å². The first-order valence-electron chi connectivity index (χ1n) is 6.72. The van der Waals surface area contributed by atoms with Gasteiger partial charge in [0.2, 0.25) is 0 Å². The topological polar surface area (TPSA) is 29.3 Å². The third kappa shape index (κ3) is 2.36. The second-order valence-electron chi connectivity index (χ2n) is 5.62. The molecule has 2 N–H and O–H groups in total. The molecule has 1 heterocycles. The largest absolute Gasteiger partial charge is 0.326 e. The highest BCUT2D eigenvalue weighted by Crippen LogP contribution is 2.33. The molecule has 1 aliphatic heterocycles. The molecule has 4 atom stereocenters. The SMILES string of the molecule is CCC1CCCCC1N1CC(C)C(N)C1. The standard InChI is InChI=1S/C13H26N2/c1-3-11-6-4-5-7-13(11)15-8-10(2)12(14)9-15/h10-13H,3-9,14H2,1-2H3. The molecule has 0 aromatic heterocycles. The zero-order valence-corrected chi connectivity index (χ0v) is 10.3. The summed E-state index contributed by atoms with van der Waals surface area (Å²) < 4.78 is 0. The monoisotopic (exact) mass is 210 g/mol. The average molecular weight is 210 g/mol. The lowest BCUT2D eigenvalue weighted by Gasteiger charge is -2.37. The Morgan fingerprint density at radius 1 is 1.20 bits per heavy atom. The number of hydrogen-bond acceptors (Lipinski definition) is 2. The summed E-state index contributed by atoms with van der Waals surface area (Å²) in [7, 11) is 0. The van der Waals surface area contributed by atoms with Crippen molar-refractivity contribution >= 4 is 0 Å². The van der Waals surface area contributed by atoms with Crippen LogP contribution in [0.4, 0.5) is 0 Å². The van der Waals surface area contributed by atoms with Crippen LogP contribution in [0.15, 0.2) is 0 Å². The van der Waals surface area contributed by atoms with E-state index in [1.165, 1.54) is 38.6 Å². The van der Waals surface area contributed by atoms with Crippen molar-refractivity contribution in [3.05, 3.63) is 0 Å². The van der Waals surface area contributed by atoms with E-state index >= 15 is 0 Å². The van der Waals surface area contributed by atoms with Crippen molar-refractivity contribution in [3.63, 3.8) is 0 Å². The highest BCUT2D eigenvalue weighted by atomic mass is 15.2. The first-order chi connectivity index (χ1) is 7.22. The van der Waals surface area contributed by atoms with Crippen molar-refractivity contribution in [3.8, 4) is 0 Å². The normalized spacial score (nSPS) is 43.4. The molecule has 1 saturated carbocycles. The smallest absolute Gasteiger partial charge is 0.0206 e. The van der Waals surface area contributed by atoms with E-state index in [0.29, 0.717) is 12.0 Å². The summed E-state index contributed by atoms with van der Waals surface area (Å²) in [4.78, 5) is 2.68. The Labute approximate surface area is 94.2 Å². The lowest BCUT2D eigenvalue weighted by Crippen LogP contribution is -2.42. The van der Waals surface area contributed by atoms with Crippen LogP contribution in [0.3, 0.4) is 0 Å². The molecule has 0 spiro atoms. The van der Waals surface area contributed by atoms with Gasteiger partial charge < -0.3 is 5.73 Å². The minimum absolute atomic E-state index is 0.421. The van der Waals surface area contributed by atoms with Crippen LogP contribution in [-0.4, -0.2) is 30.1 Å². The van der Waals surface area contributed by atoms with Gasteiger partial charge in [0, 0.05) is 25.2 Å². The highest BCUT2D eigenvalue weighted by Gasteiger charge is 2.35. The van der Waals surface area contributed by atoms with E-state index < -0.39 is 0 Å². The van der Waals surface area contributed by atoms with Crippen molar-refractivity contribution in [1.29, 1.82) is 0 Å². The molecule has 1 aliphatic carbocycles. The maximum atomic E-state index is 6.12. The maximum absolute atomic E-state index is 6.12. The Balaban J connectivity index is 1.96. The van der Waals surface area contributed by atoms with E-state index in [0.717, 1.165) is 18.5 Å². The van der Waals surface area contributed by atoms with E-state index in [1.54, 1.807) is 0 Å². The summed E-state index contributed by atoms with van der Waals surface area (Å²) in [6.07, 6.45) is 7.09. The molecular formula is C13H26N2. The summed E-state index contributed by atoms with van der Waals surface area (Å²) in [5.41, 5.74) is 6.12. The van der Waals surface area contributed by atoms with E-state index in [2.05, 4.69) is 18.7 Å². The second kappa shape index (κ2) is 4.84. The number of nitrogens with zero attached hydrogens (tertiary/aromatic N) is 1. The van der Waals surface area contributed by atoms with Crippen LogP contribution in [0, 0.1) is 11.8 Å². The lowest BCUT2D eigenvalue weighted by atomic mass is 9.82. The van der Waals surface area contributed by atoms with Crippen LogP contribution in [0.1, 0.15) is 46.0 Å². The Bertz CT molecular complexity index is 195. The third-order valence-corrected chi connectivity index (χ3v) is 4.56. The summed E-state index contributed by atoms with van der Waals surface area (Å²) in [5.74, 6) is 1.64. The number of rotatable bonds is 2. The summed E-state index contributed by atoms with van der Waals surface area (Å²) in [6, 6.07) is 1.27. The Morgan fingerprint density at radius 3 is 2.53 bits per heavy atom. The van der Waals surface area contributed by atoms with Crippen molar-refractivity contribution in [2.24, 2.45) is 17.6 Å². The molecule has 4 unspecified atom stereocenters. The molecule has 2 nitrogen and oxygen atoms in total. The first kappa shape index (κ1) is 11.4. The third-order valence-electron chi connectivity index (χ3n) is 4.56. The van der Waals surface area contributed by atoms with Crippen molar-refractivity contribution in [1.82, 2.24) is 4.90 Å². The Hall–Kier alpha value is -0.0800. The maximum Gasteiger partial charge on any atom is 0.0206 e. The Kier molecular flexibility index (Phi) is 3.68. The molecule has 0 amide bonds. The van der Waals surface area contributed by atoms with Crippen LogP contribution in [0.2, 0.25) is 0 Å². The van der Waals surface area contributed by atoms with Gasteiger partial charge in [-0.1, -0.05) is 33.1 Å². The van der Waals surface area contributed by atoms with E-state index in [-0.39, 0.29) is 0 Å². The minimum atomic E-state index is 0.421. The van der Waals surface area contributed by atoms with Gasteiger partial charge in [-0.3, -0.25) is 4.90 Å². The summed E-state index contributed by atoms with van der Waals surface area (Å²) >= 11 is 0. The molecule has 2 fully saturated rings. The van der Waals surface area contributed by atoms with Gasteiger partial charge in [0.25, 0.3) is 0 Å². The molecule has 2 rings (SSSR count). The average Bonchev–Trinajstić information content (AvgIpc) is 2.59. The number of nitrogens with two attached hydrogens (primary N) is 1. The molecule has 2 aliphatic rings. The molecule has 15 heavy (non-hydrogen) atoms. The van der Waals surface area contributed by atoms with Gasteiger partial charge in [-0.2, -0.15) is 0 Å². The predicted molar refractivity (Wildman–Crippen MR) is 64.7 cm³/mol. The fraction of sp³-hybridized carbons (Fsp3) is 1.00. The quantitative estimate of drug-likeness (QED) is 0.757. The molecule has 0 radical (unpaired) electrons. The lowest BCUT2D eigenvalue weighted by molar-refractivity contribution is 0.121. The molecule has 2 heteroatoms. The van der Waals surface area contributed by atoms with Crippen molar-refractivity contribution in [2.75, 3.05) is 13.1 Å². The van der Waals surface area contributed by atoms with Gasteiger partial charge in [-0.25, -0.2) is 0 Å². The van der Waals surface area contributed by atoms with Gasteiger partial charge >= 0.3 is 0 Å². The summed E-state index contributed by atoms with van der Waals surface area (Å²) in [6.45, 7) is 7.03. The van der Waals surface area contributed by atoms with E-state index in [1.807, 2.05) is 0 Å². The van der Waals surface area contributed by atoms with E-state index in [9.17, 15) is 0 Å². The van der Waals surface area contributed by atoms with Crippen LogP contribution in [0.25, 0.3) is 0 Å². The molecule has 0 bridgehead atoms. The predicted octanol–water partition coefficient (Wildman–Crippen LogP) is 2.23. The summed E-state index contributed by atoms with van der Waals surface area (Å²) in [5, 5.41) is 0. The van der Waals surface area contributed by atoms with Crippen molar-refractivity contribution in [2.45, 2.75) is 58.0 Å². The fourth-order valence-electron chi connectivity index (χ4n) is 3.45.